The van der Waals surface area contributed by atoms with Crippen LogP contribution in [0.3, 0.4) is 0 Å². The lowest BCUT2D eigenvalue weighted by Crippen LogP contribution is -2.28. The van der Waals surface area contributed by atoms with Crippen molar-refractivity contribution in [2.75, 3.05) is 0 Å². The molecule has 0 saturated heterocycles. The van der Waals surface area contributed by atoms with Crippen LogP contribution in [0.2, 0.25) is 0 Å². The van der Waals surface area contributed by atoms with Gasteiger partial charge in [0, 0.05) is 43.4 Å². The van der Waals surface area contributed by atoms with Crippen LogP contribution in [-0.2, 0) is 5.41 Å². The molecule has 1 aliphatic rings. The Morgan fingerprint density at radius 1 is 0.286 bits per heavy atom. The monoisotopic (exact) mass is 895 g/mol. The van der Waals surface area contributed by atoms with Crippen LogP contribution < -0.4 is 0 Å². The molecule has 0 bridgehead atoms. The summed E-state index contributed by atoms with van der Waals surface area (Å²) in [7, 11) is 0. The molecule has 1 aliphatic carbocycles. The summed E-state index contributed by atoms with van der Waals surface area (Å²) in [4.78, 5) is 16.0. The first-order valence-corrected chi connectivity index (χ1v) is 23.6. The van der Waals surface area contributed by atoms with Crippen molar-refractivity contribution in [1.82, 2.24) is 15.0 Å². The molecule has 0 radical (unpaired) electrons. The predicted molar refractivity (Wildman–Crippen MR) is 281 cm³/mol. The van der Waals surface area contributed by atoms with Gasteiger partial charge < -0.3 is 13.3 Å². The van der Waals surface area contributed by atoms with E-state index in [2.05, 4.69) is 152 Å². The van der Waals surface area contributed by atoms with Crippen molar-refractivity contribution in [1.29, 1.82) is 0 Å². The van der Waals surface area contributed by atoms with E-state index in [0.29, 0.717) is 17.5 Å². The minimum atomic E-state index is -0.516. The molecule has 14 aromatic rings. The molecule has 4 aromatic heterocycles. The molecule has 6 heteroatoms. The van der Waals surface area contributed by atoms with E-state index >= 15 is 0 Å². The maximum Gasteiger partial charge on any atom is 0.167 e. The Bertz CT molecular complexity index is 4390. The van der Waals surface area contributed by atoms with Crippen molar-refractivity contribution in [3.05, 3.63) is 247 Å². The van der Waals surface area contributed by atoms with Crippen molar-refractivity contribution in [3.63, 3.8) is 0 Å². The summed E-state index contributed by atoms with van der Waals surface area (Å²) in [5.74, 6) is 1.54. The van der Waals surface area contributed by atoms with Crippen molar-refractivity contribution >= 4 is 65.8 Å². The third kappa shape index (κ3) is 5.53. The predicted octanol–water partition coefficient (Wildman–Crippen LogP) is 16.6. The summed E-state index contributed by atoms with van der Waals surface area (Å²) >= 11 is 0. The van der Waals surface area contributed by atoms with Crippen LogP contribution in [0.1, 0.15) is 22.3 Å². The topological polar surface area (TPSA) is 78.1 Å². The van der Waals surface area contributed by atoms with Gasteiger partial charge >= 0.3 is 0 Å². The van der Waals surface area contributed by atoms with E-state index in [4.69, 9.17) is 28.2 Å². The lowest BCUT2D eigenvalue weighted by Gasteiger charge is -2.34. The fourth-order valence-electron chi connectivity index (χ4n) is 11.4. The molecule has 0 fully saturated rings. The van der Waals surface area contributed by atoms with Crippen LogP contribution in [0.4, 0.5) is 0 Å². The minimum absolute atomic E-state index is 0.499. The van der Waals surface area contributed by atoms with Crippen LogP contribution in [0.15, 0.2) is 238 Å². The Labute approximate surface area is 400 Å². The van der Waals surface area contributed by atoms with Crippen molar-refractivity contribution in [2.24, 2.45) is 0 Å². The molecule has 0 N–H and O–H groups in total. The summed E-state index contributed by atoms with van der Waals surface area (Å²) in [6, 6.07) is 78.8. The molecule has 15 rings (SSSR count). The SMILES string of the molecule is c1ccc(C2(c3ccccc3)c3ccccc3-c3ccc(-c4ccc5oc6cccc(-c7nc(-c8cccc9c8oc8ccccc89)nc(-c8cccc9oc%10ccccc%10c89)n7)c6c5c4)cc32)cc1. The highest BCUT2D eigenvalue weighted by Gasteiger charge is 2.46. The summed E-state index contributed by atoms with van der Waals surface area (Å²) in [5.41, 5.74) is 16.2. The summed E-state index contributed by atoms with van der Waals surface area (Å²) in [6.07, 6.45) is 0. The maximum absolute atomic E-state index is 6.69. The van der Waals surface area contributed by atoms with Crippen molar-refractivity contribution in [2.45, 2.75) is 5.41 Å². The number of para-hydroxylation sites is 3. The molecule has 0 aliphatic heterocycles. The van der Waals surface area contributed by atoms with Gasteiger partial charge in [-0.3, -0.25) is 0 Å². The third-order valence-corrected chi connectivity index (χ3v) is 14.5. The number of hydrogen-bond acceptors (Lipinski definition) is 6. The van der Waals surface area contributed by atoms with Gasteiger partial charge in [0.1, 0.15) is 33.5 Å². The fraction of sp³-hybridized carbons (Fsp3) is 0.0156. The van der Waals surface area contributed by atoms with E-state index in [0.717, 1.165) is 93.6 Å². The van der Waals surface area contributed by atoms with Gasteiger partial charge in [-0.2, -0.15) is 0 Å². The molecule has 6 nitrogen and oxygen atoms in total. The third-order valence-electron chi connectivity index (χ3n) is 14.5. The van der Waals surface area contributed by atoms with Gasteiger partial charge in [0.05, 0.1) is 11.0 Å². The number of aromatic nitrogens is 3. The van der Waals surface area contributed by atoms with E-state index in [-0.39, 0.29) is 0 Å². The van der Waals surface area contributed by atoms with Gasteiger partial charge in [-0.05, 0) is 93.0 Å². The quantitative estimate of drug-likeness (QED) is 0.165. The van der Waals surface area contributed by atoms with Gasteiger partial charge in [-0.1, -0.05) is 176 Å². The van der Waals surface area contributed by atoms with E-state index in [1.807, 2.05) is 72.8 Å². The highest BCUT2D eigenvalue weighted by Crippen LogP contribution is 2.57. The van der Waals surface area contributed by atoms with Crippen LogP contribution in [0.5, 0.6) is 0 Å². The molecule has 0 amide bonds. The number of rotatable bonds is 6. The molecule has 70 heavy (non-hydrogen) atoms. The van der Waals surface area contributed by atoms with Crippen molar-refractivity contribution in [3.8, 4) is 56.4 Å². The van der Waals surface area contributed by atoms with E-state index in [1.165, 1.54) is 33.4 Å². The standard InChI is InChI=1S/C64H37N3O3/c1-3-16-40(17-4-1)64(41-18-5-2-6-19-41)51-27-10-7-20-42(51)43-34-32-39(37-52(43)64)38-33-35-55-50(36-38)59-48(25-15-31-57(59)69-55)62-65-61(47-24-14-30-56-58(47)46-22-9-12-29-54(46)68-56)66-63(67-62)49-26-13-23-45-44-21-8-11-28-53(44)70-60(45)49/h1-37H. The Morgan fingerprint density at radius 3 is 1.47 bits per heavy atom. The minimum Gasteiger partial charge on any atom is -0.456 e. The van der Waals surface area contributed by atoms with Crippen LogP contribution in [-0.4, -0.2) is 15.0 Å². The first-order chi connectivity index (χ1) is 34.7. The summed E-state index contributed by atoms with van der Waals surface area (Å²) in [5, 5.41) is 5.86. The summed E-state index contributed by atoms with van der Waals surface area (Å²) < 4.78 is 19.7. The second-order valence-corrected chi connectivity index (χ2v) is 18.1. The molecule has 0 saturated carbocycles. The zero-order chi connectivity index (χ0) is 45.9. The molecule has 326 valence electrons. The Balaban J connectivity index is 0.953. The van der Waals surface area contributed by atoms with Crippen LogP contribution in [0, 0.1) is 0 Å². The second-order valence-electron chi connectivity index (χ2n) is 18.1. The molecule has 0 unspecified atom stereocenters. The zero-order valence-electron chi connectivity index (χ0n) is 37.4. The largest absolute Gasteiger partial charge is 0.456 e. The Kier molecular flexibility index (Phi) is 8.18. The lowest BCUT2D eigenvalue weighted by atomic mass is 9.67. The molecular weight excluding hydrogens is 859 g/mol. The molecule has 10 aromatic carbocycles. The number of nitrogens with zero attached hydrogens (tertiary/aromatic N) is 3. The first-order valence-electron chi connectivity index (χ1n) is 23.6. The Morgan fingerprint density at radius 2 is 0.757 bits per heavy atom. The van der Waals surface area contributed by atoms with Gasteiger partial charge in [-0.15, -0.1) is 0 Å². The highest BCUT2D eigenvalue weighted by molar-refractivity contribution is 6.15. The number of fused-ring (bicyclic) bond motifs is 12. The average Bonchev–Trinajstić information content (AvgIpc) is 4.19. The smallest absolute Gasteiger partial charge is 0.167 e. The van der Waals surface area contributed by atoms with E-state index in [9.17, 15) is 0 Å². The van der Waals surface area contributed by atoms with Gasteiger partial charge in [0.2, 0.25) is 0 Å². The van der Waals surface area contributed by atoms with Crippen LogP contribution >= 0.6 is 0 Å². The first kappa shape index (κ1) is 38.7. The molecule has 0 atom stereocenters. The lowest BCUT2D eigenvalue weighted by molar-refractivity contribution is 0.668. The average molecular weight is 896 g/mol. The maximum atomic E-state index is 6.69. The molecule has 4 heterocycles. The molecular formula is C64H37N3O3. The van der Waals surface area contributed by atoms with Gasteiger partial charge in [0.15, 0.2) is 17.5 Å². The number of hydrogen-bond donors (Lipinski definition) is 0. The fourth-order valence-corrected chi connectivity index (χ4v) is 11.4. The van der Waals surface area contributed by atoms with Crippen LogP contribution in [0.25, 0.3) is 122 Å². The van der Waals surface area contributed by atoms with E-state index < -0.39 is 5.41 Å². The number of benzene rings is 10. The number of furan rings is 3. The van der Waals surface area contributed by atoms with Gasteiger partial charge in [0.25, 0.3) is 0 Å². The van der Waals surface area contributed by atoms with E-state index in [1.54, 1.807) is 0 Å². The summed E-state index contributed by atoms with van der Waals surface area (Å²) in [6.45, 7) is 0. The second kappa shape index (κ2) is 14.8. The normalized spacial score (nSPS) is 13.0. The van der Waals surface area contributed by atoms with Crippen molar-refractivity contribution < 1.29 is 13.3 Å². The Hall–Kier alpha value is -9.39. The van der Waals surface area contributed by atoms with Gasteiger partial charge in [-0.25, -0.2) is 15.0 Å². The zero-order valence-corrected chi connectivity index (χ0v) is 37.4. The highest BCUT2D eigenvalue weighted by atomic mass is 16.3. The molecule has 0 spiro atoms.